The van der Waals surface area contributed by atoms with Crippen LogP contribution in [0.1, 0.15) is 77.3 Å². The van der Waals surface area contributed by atoms with Gasteiger partial charge < -0.3 is 20.3 Å². The molecular formula is C37H45FN8O7S. The number of allylic oxidation sites excluding steroid dienone is 1. The molecule has 5 aliphatic rings. The topological polar surface area (TPSA) is 201 Å². The van der Waals surface area contributed by atoms with E-state index in [0.29, 0.717) is 62.8 Å². The minimum absolute atomic E-state index is 0.0157. The molecule has 288 valence electrons. The lowest BCUT2D eigenvalue weighted by Crippen LogP contribution is -2.59. The van der Waals surface area contributed by atoms with Crippen molar-refractivity contribution >= 4 is 56.6 Å². The van der Waals surface area contributed by atoms with E-state index in [2.05, 4.69) is 35.3 Å². The zero-order valence-corrected chi connectivity index (χ0v) is 31.2. The summed E-state index contributed by atoms with van der Waals surface area (Å²) in [6.07, 6.45) is 8.90. The Labute approximate surface area is 312 Å². The minimum atomic E-state index is -4.01. The first kappa shape index (κ1) is 37.5. The molecule has 3 fully saturated rings. The number of sulfonamides is 1. The van der Waals surface area contributed by atoms with Crippen molar-refractivity contribution in [1.29, 1.82) is 0 Å². The van der Waals surface area contributed by atoms with E-state index in [1.807, 2.05) is 19.1 Å². The third kappa shape index (κ3) is 7.59. The molecule has 2 aromatic rings. The highest BCUT2D eigenvalue weighted by Gasteiger charge is 2.63. The van der Waals surface area contributed by atoms with Gasteiger partial charge in [0.2, 0.25) is 27.7 Å². The molecule has 17 heteroatoms. The number of carbonyl (C=O) groups is 4. The molecule has 2 saturated carbocycles. The summed E-state index contributed by atoms with van der Waals surface area (Å²) >= 11 is 0. The Morgan fingerprint density at radius 2 is 1.93 bits per heavy atom. The van der Waals surface area contributed by atoms with Gasteiger partial charge in [0.05, 0.1) is 41.6 Å². The molecule has 1 aromatic heterocycles. The summed E-state index contributed by atoms with van der Waals surface area (Å²) in [6, 6.07) is 1.88. The standard InChI is InChI=1S/C37H45FN8O7S/c1-3-25-33(43-28-17-23(38)11-12-26(28)41-25)53-24-18-30-32(48)44-37(35(50)45-54(51,52)36(2)13-14-36)19-22(37)9-7-5-4-6-8-10-27(34(49)46(30)21-24)42-31(47)29-20-39-15-16-40-29/h7,9,11-12,17,20,22,24,27,30H,3-6,8,10,13-16,18-19,21H2,1-2H3,(H,42,47)(H,44,48)(H,45,50). The largest absolute Gasteiger partial charge is 0.471 e. The van der Waals surface area contributed by atoms with Crippen LogP contribution in [-0.4, -0.2) is 107 Å². The van der Waals surface area contributed by atoms with Crippen molar-refractivity contribution < 1.29 is 36.7 Å². The smallest absolute Gasteiger partial charge is 0.271 e. The van der Waals surface area contributed by atoms with Gasteiger partial charge in [0.25, 0.3) is 11.8 Å². The molecule has 1 aromatic carbocycles. The van der Waals surface area contributed by atoms with Gasteiger partial charge >= 0.3 is 0 Å². The Balaban J connectivity index is 1.20. The predicted molar refractivity (Wildman–Crippen MR) is 197 cm³/mol. The van der Waals surface area contributed by atoms with Gasteiger partial charge in [-0.25, -0.2) is 22.8 Å². The fourth-order valence-electron chi connectivity index (χ4n) is 7.26. The fraction of sp³-hybridized carbons (Fsp3) is 0.568. The number of aryl methyl sites for hydroxylation is 1. The number of fused-ring (bicyclic) bond motifs is 3. The number of aliphatic imine (C=N–C) groups is 2. The van der Waals surface area contributed by atoms with Crippen molar-refractivity contribution in [3.63, 3.8) is 0 Å². The van der Waals surface area contributed by atoms with Crippen molar-refractivity contribution in [3.8, 4) is 5.88 Å². The summed E-state index contributed by atoms with van der Waals surface area (Å²) in [5.74, 6) is -3.38. The Bertz CT molecular complexity index is 2070. The maximum Gasteiger partial charge on any atom is 0.271 e. The molecule has 54 heavy (non-hydrogen) atoms. The minimum Gasteiger partial charge on any atom is -0.471 e. The monoisotopic (exact) mass is 764 g/mol. The van der Waals surface area contributed by atoms with Gasteiger partial charge in [-0.2, -0.15) is 0 Å². The van der Waals surface area contributed by atoms with Crippen LogP contribution in [0.25, 0.3) is 11.0 Å². The summed E-state index contributed by atoms with van der Waals surface area (Å²) in [6.45, 7) is 4.17. The highest BCUT2D eigenvalue weighted by Crippen LogP contribution is 2.47. The van der Waals surface area contributed by atoms with E-state index < -0.39 is 73.9 Å². The molecule has 3 aliphatic heterocycles. The van der Waals surface area contributed by atoms with Gasteiger partial charge in [-0.1, -0.05) is 31.9 Å². The van der Waals surface area contributed by atoms with Gasteiger partial charge in [0, 0.05) is 18.4 Å². The van der Waals surface area contributed by atoms with Crippen LogP contribution in [0.5, 0.6) is 5.88 Å². The summed E-state index contributed by atoms with van der Waals surface area (Å²) in [5.41, 5.74) is -0.183. The van der Waals surface area contributed by atoms with Crippen LogP contribution in [0.2, 0.25) is 0 Å². The first-order valence-corrected chi connectivity index (χ1v) is 20.1. The Kier molecular flexibility index (Phi) is 10.3. The van der Waals surface area contributed by atoms with Crippen LogP contribution >= 0.6 is 0 Å². The average Bonchev–Trinajstić information content (AvgIpc) is 4.03. The van der Waals surface area contributed by atoms with Crippen molar-refractivity contribution in [2.45, 2.75) is 107 Å². The van der Waals surface area contributed by atoms with Gasteiger partial charge in [-0.3, -0.25) is 33.9 Å². The first-order valence-electron chi connectivity index (χ1n) is 18.7. The Morgan fingerprint density at radius 3 is 2.67 bits per heavy atom. The summed E-state index contributed by atoms with van der Waals surface area (Å²) in [4.78, 5) is 74.9. The molecular weight excluding hydrogens is 720 g/mol. The average molecular weight is 765 g/mol. The molecule has 1 saturated heterocycles. The Hall–Kier alpha value is -4.80. The summed E-state index contributed by atoms with van der Waals surface area (Å²) in [5, 5.41) is 5.69. The maximum absolute atomic E-state index is 14.5. The zero-order valence-electron chi connectivity index (χ0n) is 30.3. The molecule has 7 rings (SSSR count). The summed E-state index contributed by atoms with van der Waals surface area (Å²) in [7, 11) is -4.01. The van der Waals surface area contributed by atoms with Crippen LogP contribution in [0.15, 0.2) is 40.3 Å². The second-order valence-corrected chi connectivity index (χ2v) is 17.2. The lowest BCUT2D eigenvalue weighted by molar-refractivity contribution is -0.142. The first-order chi connectivity index (χ1) is 25.8. The number of carbonyl (C=O) groups excluding carboxylic acids is 4. The van der Waals surface area contributed by atoms with E-state index in [0.717, 1.165) is 12.8 Å². The van der Waals surface area contributed by atoms with Gasteiger partial charge in [0.15, 0.2) is 0 Å². The quantitative estimate of drug-likeness (QED) is 0.337. The molecule has 3 N–H and O–H groups in total. The highest BCUT2D eigenvalue weighted by molar-refractivity contribution is 7.91. The van der Waals surface area contributed by atoms with Crippen LogP contribution in [-0.2, 0) is 35.6 Å². The van der Waals surface area contributed by atoms with Crippen molar-refractivity contribution in [3.05, 3.63) is 41.9 Å². The third-order valence-corrected chi connectivity index (χ3v) is 13.2. The molecule has 5 atom stereocenters. The molecule has 4 heterocycles. The number of nitrogens with zero attached hydrogens (tertiary/aromatic N) is 5. The third-order valence-electron chi connectivity index (χ3n) is 11.0. The number of nitrogens with one attached hydrogen (secondary N) is 3. The summed E-state index contributed by atoms with van der Waals surface area (Å²) < 4.78 is 47.9. The molecule has 0 bridgehead atoms. The van der Waals surface area contributed by atoms with Crippen LogP contribution in [0, 0.1) is 11.7 Å². The van der Waals surface area contributed by atoms with Gasteiger partial charge in [0.1, 0.15) is 40.9 Å². The van der Waals surface area contributed by atoms with E-state index in [1.54, 1.807) is 6.92 Å². The SMILES string of the molecule is CCc1nc2ccc(F)cc2nc1OC1CC2C(=O)NC3(C(=O)NS(=O)(=O)C4(C)CC4)CC3C=CCCCCCC(NC(=O)C3=NCCN=C3)C(=O)N2C1. The number of amides is 4. The van der Waals surface area contributed by atoms with E-state index >= 15 is 0 Å². The number of halogens is 1. The van der Waals surface area contributed by atoms with Crippen molar-refractivity contribution in [1.82, 2.24) is 30.2 Å². The lowest BCUT2D eigenvalue weighted by Gasteiger charge is -2.30. The molecule has 15 nitrogen and oxygen atoms in total. The van der Waals surface area contributed by atoms with Crippen LogP contribution in [0.4, 0.5) is 4.39 Å². The normalized spacial score (nSPS) is 28.1. The molecule has 0 spiro atoms. The van der Waals surface area contributed by atoms with Gasteiger partial charge in [-0.05, 0) is 64.0 Å². The number of benzene rings is 1. The molecule has 2 aliphatic carbocycles. The molecule has 5 unspecified atom stereocenters. The lowest BCUT2D eigenvalue weighted by atomic mass is 10.0. The van der Waals surface area contributed by atoms with E-state index in [4.69, 9.17) is 4.74 Å². The number of hydrogen-bond donors (Lipinski definition) is 3. The maximum atomic E-state index is 14.5. The number of hydrogen-bond acceptors (Lipinski definition) is 11. The predicted octanol–water partition coefficient (Wildman–Crippen LogP) is 2.08. The van der Waals surface area contributed by atoms with Crippen molar-refractivity contribution in [2.75, 3.05) is 19.6 Å². The second-order valence-electron chi connectivity index (χ2n) is 15.0. The molecule has 0 radical (unpaired) electrons. The number of ether oxygens (including phenoxy) is 1. The van der Waals surface area contributed by atoms with E-state index in [1.165, 1.54) is 29.3 Å². The van der Waals surface area contributed by atoms with Crippen LogP contribution in [0.3, 0.4) is 0 Å². The van der Waals surface area contributed by atoms with Gasteiger partial charge in [-0.15, -0.1) is 0 Å². The van der Waals surface area contributed by atoms with E-state index in [-0.39, 0.29) is 36.5 Å². The number of aromatic nitrogens is 2. The van der Waals surface area contributed by atoms with E-state index in [9.17, 15) is 32.0 Å². The Morgan fingerprint density at radius 1 is 1.11 bits per heavy atom. The number of rotatable bonds is 8. The highest BCUT2D eigenvalue weighted by atomic mass is 32.2. The van der Waals surface area contributed by atoms with Crippen LogP contribution < -0.4 is 20.1 Å². The second kappa shape index (κ2) is 14.8. The fourth-order valence-corrected chi connectivity index (χ4v) is 8.57. The van der Waals surface area contributed by atoms with Crippen molar-refractivity contribution in [2.24, 2.45) is 15.9 Å². The molecule has 4 amide bonds. The zero-order chi connectivity index (χ0) is 38.3.